The zero-order valence-corrected chi connectivity index (χ0v) is 10.5. The van der Waals surface area contributed by atoms with Crippen LogP contribution in [0.25, 0.3) is 0 Å². The summed E-state index contributed by atoms with van der Waals surface area (Å²) in [6.45, 7) is 1.09. The summed E-state index contributed by atoms with van der Waals surface area (Å²) in [5.74, 6) is 0.0868. The number of amides is 1. The number of H-pyrrole nitrogens is 2. The molecule has 6 heteroatoms. The summed E-state index contributed by atoms with van der Waals surface area (Å²) in [4.78, 5) is 26.5. The van der Waals surface area contributed by atoms with E-state index in [9.17, 15) is 9.59 Å². The van der Waals surface area contributed by atoms with Crippen LogP contribution in [-0.2, 0) is 24.2 Å². The van der Waals surface area contributed by atoms with Gasteiger partial charge in [0.25, 0.3) is 5.56 Å². The molecule has 2 aromatic rings. The molecule has 18 heavy (non-hydrogen) atoms. The molecule has 0 atom stereocenters. The second kappa shape index (κ2) is 4.45. The van der Waals surface area contributed by atoms with Crippen molar-refractivity contribution in [2.45, 2.75) is 19.4 Å². The molecule has 1 aliphatic rings. The molecule has 0 radical (unpaired) electrons. The number of aromatic amines is 2. The maximum absolute atomic E-state index is 12.1. The Balaban J connectivity index is 1.74. The summed E-state index contributed by atoms with van der Waals surface area (Å²) in [6.07, 6.45) is 1.14. The van der Waals surface area contributed by atoms with Crippen molar-refractivity contribution in [1.29, 1.82) is 0 Å². The van der Waals surface area contributed by atoms with Crippen LogP contribution in [-0.4, -0.2) is 27.5 Å². The standard InChI is InChI=1S/C12H13N3O2S/c16-11(6-8-2-1-5-18-8)15-4-3-10-9(7-15)12(17)14-13-10/h1-2,5H,3-4,6-7H2,(H2,13,14,17). The van der Waals surface area contributed by atoms with E-state index in [0.717, 1.165) is 10.6 Å². The van der Waals surface area contributed by atoms with Gasteiger partial charge in [0.15, 0.2) is 0 Å². The summed E-state index contributed by atoms with van der Waals surface area (Å²) in [7, 11) is 0. The van der Waals surface area contributed by atoms with Crippen LogP contribution < -0.4 is 5.56 Å². The zero-order chi connectivity index (χ0) is 12.5. The lowest BCUT2D eigenvalue weighted by Gasteiger charge is -2.26. The van der Waals surface area contributed by atoms with E-state index in [0.29, 0.717) is 31.5 Å². The van der Waals surface area contributed by atoms with Crippen LogP contribution in [0.4, 0.5) is 0 Å². The van der Waals surface area contributed by atoms with Crippen molar-refractivity contribution in [2.24, 2.45) is 0 Å². The normalized spacial score (nSPS) is 14.6. The first kappa shape index (κ1) is 11.3. The predicted molar refractivity (Wildman–Crippen MR) is 68.6 cm³/mol. The number of fused-ring (bicyclic) bond motifs is 1. The second-order valence-electron chi connectivity index (χ2n) is 4.36. The number of nitrogens with one attached hydrogen (secondary N) is 2. The van der Waals surface area contributed by atoms with Gasteiger partial charge < -0.3 is 10.00 Å². The number of aromatic nitrogens is 2. The molecule has 2 aromatic heterocycles. The lowest BCUT2D eigenvalue weighted by molar-refractivity contribution is -0.131. The van der Waals surface area contributed by atoms with E-state index < -0.39 is 0 Å². The average molecular weight is 263 g/mol. The minimum absolute atomic E-state index is 0.0868. The summed E-state index contributed by atoms with van der Waals surface area (Å²) < 4.78 is 0. The van der Waals surface area contributed by atoms with E-state index in [-0.39, 0.29) is 11.5 Å². The Morgan fingerprint density at radius 3 is 3.11 bits per heavy atom. The fourth-order valence-electron chi connectivity index (χ4n) is 2.20. The Hall–Kier alpha value is -1.82. The topological polar surface area (TPSA) is 69.0 Å². The number of hydrogen-bond donors (Lipinski definition) is 2. The van der Waals surface area contributed by atoms with Crippen molar-refractivity contribution >= 4 is 17.2 Å². The molecule has 0 saturated heterocycles. The van der Waals surface area contributed by atoms with Crippen LogP contribution in [0.15, 0.2) is 22.3 Å². The van der Waals surface area contributed by atoms with Crippen LogP contribution in [0.1, 0.15) is 16.1 Å². The van der Waals surface area contributed by atoms with Crippen molar-refractivity contribution in [2.75, 3.05) is 6.54 Å². The number of carbonyl (C=O) groups is 1. The molecule has 94 valence electrons. The molecule has 3 rings (SSSR count). The summed E-state index contributed by atoms with van der Waals surface area (Å²) in [6, 6.07) is 3.90. The third-order valence-corrected chi connectivity index (χ3v) is 4.08. The highest BCUT2D eigenvalue weighted by Crippen LogP contribution is 2.16. The highest BCUT2D eigenvalue weighted by molar-refractivity contribution is 7.10. The molecule has 0 aromatic carbocycles. The van der Waals surface area contributed by atoms with E-state index in [4.69, 9.17) is 0 Å². The molecule has 0 aliphatic carbocycles. The molecule has 0 fully saturated rings. The Labute approximate surface area is 107 Å². The molecule has 0 bridgehead atoms. The molecule has 2 N–H and O–H groups in total. The van der Waals surface area contributed by atoms with Gasteiger partial charge >= 0.3 is 0 Å². The van der Waals surface area contributed by atoms with Gasteiger partial charge in [-0.15, -0.1) is 11.3 Å². The average Bonchev–Trinajstić information content (AvgIpc) is 3.00. The smallest absolute Gasteiger partial charge is 0.269 e. The van der Waals surface area contributed by atoms with Gasteiger partial charge in [-0.05, 0) is 11.4 Å². The molecule has 1 aliphatic heterocycles. The molecule has 0 saturated carbocycles. The number of rotatable bonds is 2. The Morgan fingerprint density at radius 1 is 1.44 bits per heavy atom. The van der Waals surface area contributed by atoms with Crippen LogP contribution in [0.2, 0.25) is 0 Å². The fraction of sp³-hybridized carbons (Fsp3) is 0.333. The zero-order valence-electron chi connectivity index (χ0n) is 9.73. The third-order valence-electron chi connectivity index (χ3n) is 3.20. The van der Waals surface area contributed by atoms with E-state index >= 15 is 0 Å². The molecule has 3 heterocycles. The van der Waals surface area contributed by atoms with E-state index in [1.54, 1.807) is 16.2 Å². The molecular formula is C12H13N3O2S. The lowest BCUT2D eigenvalue weighted by atomic mass is 10.1. The Morgan fingerprint density at radius 2 is 2.33 bits per heavy atom. The monoisotopic (exact) mass is 263 g/mol. The van der Waals surface area contributed by atoms with Crippen molar-refractivity contribution in [3.63, 3.8) is 0 Å². The maximum Gasteiger partial charge on any atom is 0.269 e. The fourth-order valence-corrected chi connectivity index (χ4v) is 2.90. The molecular weight excluding hydrogens is 250 g/mol. The van der Waals surface area contributed by atoms with Crippen molar-refractivity contribution in [3.05, 3.63) is 44.0 Å². The highest BCUT2D eigenvalue weighted by Gasteiger charge is 2.24. The molecule has 0 unspecified atom stereocenters. The van der Waals surface area contributed by atoms with Gasteiger partial charge in [-0.25, -0.2) is 0 Å². The summed E-state index contributed by atoms with van der Waals surface area (Å²) in [5.41, 5.74) is 1.51. The highest BCUT2D eigenvalue weighted by atomic mass is 32.1. The first-order valence-electron chi connectivity index (χ1n) is 5.82. The van der Waals surface area contributed by atoms with Crippen molar-refractivity contribution < 1.29 is 4.79 Å². The van der Waals surface area contributed by atoms with Crippen LogP contribution in [0, 0.1) is 0 Å². The van der Waals surface area contributed by atoms with E-state index in [1.165, 1.54) is 0 Å². The molecule has 5 nitrogen and oxygen atoms in total. The number of hydrogen-bond acceptors (Lipinski definition) is 3. The second-order valence-corrected chi connectivity index (χ2v) is 5.39. The van der Waals surface area contributed by atoms with Gasteiger partial charge in [-0.2, -0.15) is 0 Å². The van der Waals surface area contributed by atoms with E-state index in [2.05, 4.69) is 10.2 Å². The van der Waals surface area contributed by atoms with Gasteiger partial charge in [0.2, 0.25) is 5.91 Å². The summed E-state index contributed by atoms with van der Waals surface area (Å²) in [5, 5.41) is 7.39. The Bertz CT molecular complexity index is 612. The third kappa shape index (κ3) is 1.99. The molecule has 1 amide bonds. The first-order valence-corrected chi connectivity index (χ1v) is 6.70. The van der Waals surface area contributed by atoms with Crippen molar-refractivity contribution in [3.8, 4) is 0 Å². The van der Waals surface area contributed by atoms with Gasteiger partial charge in [0, 0.05) is 23.5 Å². The maximum atomic E-state index is 12.1. The first-order chi connectivity index (χ1) is 8.74. The van der Waals surface area contributed by atoms with Crippen LogP contribution in [0.3, 0.4) is 0 Å². The largest absolute Gasteiger partial charge is 0.337 e. The lowest BCUT2D eigenvalue weighted by Crippen LogP contribution is -2.38. The van der Waals surface area contributed by atoms with Crippen LogP contribution in [0.5, 0.6) is 0 Å². The van der Waals surface area contributed by atoms with Crippen LogP contribution >= 0.6 is 11.3 Å². The number of nitrogens with zero attached hydrogens (tertiary/aromatic N) is 1. The van der Waals surface area contributed by atoms with Gasteiger partial charge in [0.1, 0.15) is 0 Å². The SMILES string of the molecule is O=C(Cc1cccs1)N1CCc2[nH][nH]c(=O)c2C1. The predicted octanol–water partition coefficient (Wildman–Crippen LogP) is 0.892. The number of carbonyl (C=O) groups excluding carboxylic acids is 1. The van der Waals surface area contributed by atoms with Gasteiger partial charge in [-0.1, -0.05) is 6.07 Å². The Kier molecular flexibility index (Phi) is 2.79. The number of thiophene rings is 1. The van der Waals surface area contributed by atoms with Gasteiger partial charge in [-0.3, -0.25) is 14.7 Å². The summed E-state index contributed by atoms with van der Waals surface area (Å²) >= 11 is 1.58. The minimum atomic E-state index is -0.112. The minimum Gasteiger partial charge on any atom is -0.337 e. The molecule has 0 spiro atoms. The van der Waals surface area contributed by atoms with E-state index in [1.807, 2.05) is 17.5 Å². The quantitative estimate of drug-likeness (QED) is 0.845. The van der Waals surface area contributed by atoms with Gasteiger partial charge in [0.05, 0.1) is 18.5 Å². The van der Waals surface area contributed by atoms with Crippen molar-refractivity contribution in [1.82, 2.24) is 15.1 Å².